The molecule has 0 aliphatic carbocycles. The van der Waals surface area contributed by atoms with E-state index in [0.717, 1.165) is 26.9 Å². The molecule has 0 aliphatic rings. The number of hydrogen-bond acceptors (Lipinski definition) is 3. The Morgan fingerprint density at radius 2 is 1.59 bits per heavy atom. The molecule has 5 nitrogen and oxygen atoms in total. The van der Waals surface area contributed by atoms with Crippen LogP contribution >= 0.6 is 0 Å². The van der Waals surface area contributed by atoms with Gasteiger partial charge in [0.05, 0.1) is 11.9 Å². The number of para-hydroxylation sites is 1. The molecule has 140 valence electrons. The number of nitrogens with one attached hydrogen (secondary N) is 1. The maximum Gasteiger partial charge on any atom is 0.243 e. The van der Waals surface area contributed by atoms with Gasteiger partial charge in [0.2, 0.25) is 15.9 Å². The maximum atomic E-state index is 12.7. The topological polar surface area (TPSA) is 66.5 Å². The molecule has 0 heterocycles. The molecule has 0 spiro atoms. The summed E-state index contributed by atoms with van der Waals surface area (Å²) in [5, 5.41) is 5.03. The van der Waals surface area contributed by atoms with Gasteiger partial charge in [-0.05, 0) is 35.4 Å². The molecule has 0 unspecified atom stereocenters. The van der Waals surface area contributed by atoms with Gasteiger partial charge >= 0.3 is 0 Å². The number of amides is 1. The van der Waals surface area contributed by atoms with E-state index in [1.807, 2.05) is 42.5 Å². The molecule has 0 aliphatic heterocycles. The maximum absolute atomic E-state index is 12.7. The van der Waals surface area contributed by atoms with Crippen molar-refractivity contribution in [1.29, 1.82) is 0 Å². The molecule has 0 bridgehead atoms. The lowest BCUT2D eigenvalue weighted by molar-refractivity contribution is -0.122. The zero-order valence-electron chi connectivity index (χ0n) is 15.3. The normalized spacial score (nSPS) is 12.5. The van der Waals surface area contributed by atoms with Crippen molar-refractivity contribution >= 4 is 32.4 Å². The van der Waals surface area contributed by atoms with E-state index in [-0.39, 0.29) is 5.91 Å². The second kappa shape index (κ2) is 7.80. The fourth-order valence-electron chi connectivity index (χ4n) is 3.16. The molecular formula is C21H22N2O3S. The SMILES string of the molecule is C[C@@H](C(=O)NCc1cccc2ccccc12)N(c1ccccc1)S(C)(=O)=O. The lowest BCUT2D eigenvalue weighted by Crippen LogP contribution is -2.47. The Balaban J connectivity index is 1.80. The lowest BCUT2D eigenvalue weighted by atomic mass is 10.0. The van der Waals surface area contributed by atoms with Crippen molar-refractivity contribution in [2.75, 3.05) is 10.6 Å². The van der Waals surface area contributed by atoms with Gasteiger partial charge in [0.25, 0.3) is 0 Å². The summed E-state index contributed by atoms with van der Waals surface area (Å²) in [7, 11) is -3.61. The minimum atomic E-state index is -3.61. The van der Waals surface area contributed by atoms with Crippen molar-refractivity contribution in [3.8, 4) is 0 Å². The third-order valence-corrected chi connectivity index (χ3v) is 5.67. The van der Waals surface area contributed by atoms with Gasteiger partial charge in [0, 0.05) is 6.54 Å². The average Bonchev–Trinajstić information content (AvgIpc) is 2.66. The number of nitrogens with zero attached hydrogens (tertiary/aromatic N) is 1. The average molecular weight is 382 g/mol. The second-order valence-electron chi connectivity index (χ2n) is 6.43. The van der Waals surface area contributed by atoms with Gasteiger partial charge in [-0.15, -0.1) is 0 Å². The van der Waals surface area contributed by atoms with Crippen molar-refractivity contribution in [1.82, 2.24) is 5.32 Å². The van der Waals surface area contributed by atoms with E-state index in [4.69, 9.17) is 0 Å². The highest BCUT2D eigenvalue weighted by molar-refractivity contribution is 7.92. The van der Waals surface area contributed by atoms with Crippen LogP contribution in [0.25, 0.3) is 10.8 Å². The minimum absolute atomic E-state index is 0.330. The van der Waals surface area contributed by atoms with Gasteiger partial charge in [0.1, 0.15) is 6.04 Å². The van der Waals surface area contributed by atoms with Crippen LogP contribution in [0.5, 0.6) is 0 Å². The Bertz CT molecular complexity index is 1040. The third-order valence-electron chi connectivity index (χ3n) is 4.43. The second-order valence-corrected chi connectivity index (χ2v) is 8.29. The predicted molar refractivity (Wildman–Crippen MR) is 109 cm³/mol. The molecule has 0 radical (unpaired) electrons. The van der Waals surface area contributed by atoms with Gasteiger partial charge in [-0.1, -0.05) is 60.7 Å². The summed E-state index contributed by atoms with van der Waals surface area (Å²) in [6, 6.07) is 21.6. The summed E-state index contributed by atoms with van der Waals surface area (Å²) in [6.45, 7) is 1.92. The van der Waals surface area contributed by atoms with Crippen molar-refractivity contribution in [2.45, 2.75) is 19.5 Å². The summed E-state index contributed by atoms with van der Waals surface area (Å²) >= 11 is 0. The molecule has 0 fully saturated rings. The van der Waals surface area contributed by atoms with E-state index in [2.05, 4.69) is 5.32 Å². The van der Waals surface area contributed by atoms with Crippen LogP contribution in [0.3, 0.4) is 0 Å². The van der Waals surface area contributed by atoms with E-state index < -0.39 is 16.1 Å². The first-order valence-corrected chi connectivity index (χ1v) is 10.5. The van der Waals surface area contributed by atoms with Crippen LogP contribution in [-0.4, -0.2) is 26.6 Å². The fourth-order valence-corrected chi connectivity index (χ4v) is 4.34. The first kappa shape index (κ1) is 18.9. The summed E-state index contributed by atoms with van der Waals surface area (Å²) in [5.41, 5.74) is 1.45. The number of rotatable bonds is 6. The highest BCUT2D eigenvalue weighted by atomic mass is 32.2. The standard InChI is InChI=1S/C21H22N2O3S/c1-16(23(27(2,25)26)19-12-4-3-5-13-19)21(24)22-15-18-11-8-10-17-9-6-7-14-20(17)18/h3-14,16H,15H2,1-2H3,(H,22,24)/t16-/m0/s1. The molecule has 1 N–H and O–H groups in total. The third kappa shape index (κ3) is 4.28. The number of carbonyl (C=O) groups is 1. The lowest BCUT2D eigenvalue weighted by Gasteiger charge is -2.28. The van der Waals surface area contributed by atoms with E-state index in [1.165, 1.54) is 0 Å². The zero-order chi connectivity index (χ0) is 19.4. The number of hydrogen-bond donors (Lipinski definition) is 1. The quantitative estimate of drug-likeness (QED) is 0.711. The highest BCUT2D eigenvalue weighted by Gasteiger charge is 2.28. The van der Waals surface area contributed by atoms with Crippen molar-refractivity contribution in [2.24, 2.45) is 0 Å². The van der Waals surface area contributed by atoms with E-state index in [0.29, 0.717) is 12.2 Å². The summed E-state index contributed by atoms with van der Waals surface area (Å²) in [4.78, 5) is 12.7. The zero-order valence-corrected chi connectivity index (χ0v) is 16.1. The molecule has 0 saturated carbocycles. The summed E-state index contributed by atoms with van der Waals surface area (Å²) < 4.78 is 25.7. The van der Waals surface area contributed by atoms with Gasteiger partial charge in [0.15, 0.2) is 0 Å². The number of sulfonamides is 1. The van der Waals surface area contributed by atoms with Gasteiger partial charge < -0.3 is 5.32 Å². The molecule has 27 heavy (non-hydrogen) atoms. The molecular weight excluding hydrogens is 360 g/mol. The fraction of sp³-hybridized carbons (Fsp3) is 0.190. The van der Waals surface area contributed by atoms with Gasteiger partial charge in [-0.2, -0.15) is 0 Å². The smallest absolute Gasteiger partial charge is 0.243 e. The van der Waals surface area contributed by atoms with E-state index in [9.17, 15) is 13.2 Å². The van der Waals surface area contributed by atoms with E-state index >= 15 is 0 Å². The molecule has 3 rings (SSSR count). The Kier molecular flexibility index (Phi) is 5.46. The Morgan fingerprint density at radius 3 is 2.30 bits per heavy atom. The molecule has 0 aromatic heterocycles. The van der Waals surface area contributed by atoms with Gasteiger partial charge in [-0.3, -0.25) is 9.10 Å². The Hall–Kier alpha value is -2.86. The summed E-state index contributed by atoms with van der Waals surface area (Å²) in [5.74, 6) is -0.350. The Labute approximate surface area is 159 Å². The number of anilines is 1. The number of carbonyl (C=O) groups excluding carboxylic acids is 1. The van der Waals surface area contributed by atoms with Crippen LogP contribution in [0, 0.1) is 0 Å². The monoisotopic (exact) mass is 382 g/mol. The minimum Gasteiger partial charge on any atom is -0.350 e. The molecule has 1 atom stereocenters. The van der Waals surface area contributed by atoms with Crippen LogP contribution in [0.4, 0.5) is 5.69 Å². The molecule has 3 aromatic rings. The van der Waals surface area contributed by atoms with Crippen molar-refractivity contribution < 1.29 is 13.2 Å². The number of benzene rings is 3. The van der Waals surface area contributed by atoms with Crippen molar-refractivity contribution in [3.63, 3.8) is 0 Å². The van der Waals surface area contributed by atoms with Crippen LogP contribution in [0.1, 0.15) is 12.5 Å². The summed E-state index contributed by atoms with van der Waals surface area (Å²) in [6.07, 6.45) is 1.11. The highest BCUT2D eigenvalue weighted by Crippen LogP contribution is 2.21. The number of fused-ring (bicyclic) bond motifs is 1. The first-order valence-electron chi connectivity index (χ1n) is 8.67. The Morgan fingerprint density at radius 1 is 0.963 bits per heavy atom. The molecule has 0 saturated heterocycles. The van der Waals surface area contributed by atoms with E-state index in [1.54, 1.807) is 37.3 Å². The van der Waals surface area contributed by atoms with Crippen LogP contribution in [-0.2, 0) is 21.4 Å². The van der Waals surface area contributed by atoms with Crippen molar-refractivity contribution in [3.05, 3.63) is 78.4 Å². The molecule has 1 amide bonds. The van der Waals surface area contributed by atoms with Crippen LogP contribution in [0.15, 0.2) is 72.8 Å². The largest absolute Gasteiger partial charge is 0.350 e. The van der Waals surface area contributed by atoms with Crippen LogP contribution in [0.2, 0.25) is 0 Å². The molecule has 3 aromatic carbocycles. The van der Waals surface area contributed by atoms with Gasteiger partial charge in [-0.25, -0.2) is 8.42 Å². The predicted octanol–water partition coefficient (Wildman–Crippen LogP) is 3.31. The molecule has 6 heteroatoms. The first-order chi connectivity index (χ1) is 12.9. The van der Waals surface area contributed by atoms with Crippen LogP contribution < -0.4 is 9.62 Å².